The van der Waals surface area contributed by atoms with Crippen molar-refractivity contribution in [3.05, 3.63) is 0 Å². The highest BCUT2D eigenvalue weighted by molar-refractivity contribution is 8.23. The second kappa shape index (κ2) is 5.70. The fourth-order valence-electron chi connectivity index (χ4n) is 1.49. The summed E-state index contributed by atoms with van der Waals surface area (Å²) in [6.07, 6.45) is 0.805. The Balaban J connectivity index is 2.47. The lowest BCUT2D eigenvalue weighted by Gasteiger charge is -2.21. The number of rotatable bonds is 3. The van der Waals surface area contributed by atoms with Gasteiger partial charge in [0, 0.05) is 19.5 Å². The molecule has 1 saturated heterocycles. The number of nitrogens with zero attached hydrogens (tertiary/aromatic N) is 1. The summed E-state index contributed by atoms with van der Waals surface area (Å²) in [5, 5.41) is -0.104. The smallest absolute Gasteiger partial charge is 0.319 e. The first-order valence-corrected chi connectivity index (χ1v) is 6.53. The van der Waals surface area contributed by atoms with Gasteiger partial charge in [0.1, 0.15) is 15.7 Å². The summed E-state index contributed by atoms with van der Waals surface area (Å²) in [6.45, 7) is 7.82. The van der Waals surface area contributed by atoms with Crippen LogP contribution in [0.5, 0.6) is 0 Å². The molecular weight excluding hydrogens is 230 g/mol. The number of cyclic esters (lactones) is 1. The van der Waals surface area contributed by atoms with Crippen LogP contribution in [0.1, 0.15) is 27.2 Å². The fourth-order valence-corrected chi connectivity index (χ4v) is 3.27. The van der Waals surface area contributed by atoms with E-state index in [-0.39, 0.29) is 17.3 Å². The number of esters is 1. The van der Waals surface area contributed by atoms with E-state index < -0.39 is 0 Å². The normalized spacial score (nSPS) is 25.1. The Labute approximate surface area is 101 Å². The summed E-state index contributed by atoms with van der Waals surface area (Å²) < 4.78 is 5.89. The fraction of sp³-hybridized carbons (Fsp3) is 0.800. The Morgan fingerprint density at radius 1 is 1.60 bits per heavy atom. The van der Waals surface area contributed by atoms with E-state index in [0.717, 1.165) is 23.8 Å². The molecule has 0 bridgehead atoms. The van der Waals surface area contributed by atoms with Gasteiger partial charge in [-0.2, -0.15) is 0 Å². The van der Waals surface area contributed by atoms with E-state index in [2.05, 4.69) is 18.7 Å². The molecule has 0 aromatic carbocycles. The van der Waals surface area contributed by atoms with Gasteiger partial charge in [-0.15, -0.1) is 0 Å². The monoisotopic (exact) mass is 247 g/mol. The highest BCUT2D eigenvalue weighted by Crippen LogP contribution is 2.28. The maximum atomic E-state index is 11.4. The molecule has 0 spiro atoms. The zero-order valence-electron chi connectivity index (χ0n) is 9.36. The first-order valence-electron chi connectivity index (χ1n) is 5.24. The number of carbonyl (C=O) groups excluding carboxylic acids is 1. The predicted octanol–water partition coefficient (Wildman–Crippen LogP) is 2.05. The number of hydrogen-bond donors (Lipinski definition) is 0. The van der Waals surface area contributed by atoms with Crippen molar-refractivity contribution in [2.75, 3.05) is 13.1 Å². The molecule has 1 rings (SSSR count). The van der Waals surface area contributed by atoms with Gasteiger partial charge in [-0.1, -0.05) is 24.0 Å². The predicted molar refractivity (Wildman–Crippen MR) is 67.1 cm³/mol. The summed E-state index contributed by atoms with van der Waals surface area (Å²) in [5.41, 5.74) is 0. The van der Waals surface area contributed by atoms with E-state index in [1.807, 2.05) is 6.92 Å². The largest absolute Gasteiger partial charge is 0.462 e. The topological polar surface area (TPSA) is 29.5 Å². The summed E-state index contributed by atoms with van der Waals surface area (Å²) in [6, 6.07) is 0. The molecule has 15 heavy (non-hydrogen) atoms. The molecule has 5 heteroatoms. The molecule has 1 aliphatic heterocycles. The van der Waals surface area contributed by atoms with Gasteiger partial charge in [-0.25, -0.2) is 0 Å². The van der Waals surface area contributed by atoms with Crippen molar-refractivity contribution < 1.29 is 9.53 Å². The number of ether oxygens (including phenoxy) is 1. The Hall–Kier alpha value is -0.290. The maximum absolute atomic E-state index is 11.4. The molecule has 0 aliphatic carbocycles. The molecule has 1 aliphatic rings. The summed E-state index contributed by atoms with van der Waals surface area (Å²) in [5.74, 6) is -0.123. The Bertz CT molecular complexity index is 254. The van der Waals surface area contributed by atoms with Crippen molar-refractivity contribution in [3.8, 4) is 0 Å². The van der Waals surface area contributed by atoms with Crippen LogP contribution in [-0.4, -0.2) is 39.6 Å². The van der Waals surface area contributed by atoms with E-state index in [9.17, 15) is 4.79 Å². The van der Waals surface area contributed by atoms with Crippen LogP contribution in [0.3, 0.4) is 0 Å². The standard InChI is InChI=1S/C10H17NO2S2/c1-4-11(5-2)10(14)15-8-6-7(3)13-9(8)12/h7-8H,4-6H2,1-3H3/t7-,8-/m1/s1. The Morgan fingerprint density at radius 2 is 2.20 bits per heavy atom. The minimum Gasteiger partial charge on any atom is -0.462 e. The van der Waals surface area contributed by atoms with Crippen LogP contribution in [0, 0.1) is 0 Å². The highest BCUT2D eigenvalue weighted by Gasteiger charge is 2.33. The second-order valence-electron chi connectivity index (χ2n) is 3.53. The number of carbonyl (C=O) groups is 1. The lowest BCUT2D eigenvalue weighted by Crippen LogP contribution is -2.29. The van der Waals surface area contributed by atoms with Gasteiger partial charge in [0.2, 0.25) is 0 Å². The van der Waals surface area contributed by atoms with Crippen LogP contribution in [0.15, 0.2) is 0 Å². The van der Waals surface area contributed by atoms with Gasteiger partial charge in [-0.05, 0) is 20.8 Å². The molecule has 1 heterocycles. The van der Waals surface area contributed by atoms with Crippen molar-refractivity contribution in [3.63, 3.8) is 0 Å². The Kier molecular flexibility index (Phi) is 4.86. The molecule has 0 saturated carbocycles. The summed E-state index contributed by atoms with van der Waals surface area (Å²) in [7, 11) is 0. The third kappa shape index (κ3) is 3.34. The highest BCUT2D eigenvalue weighted by atomic mass is 32.2. The summed E-state index contributed by atoms with van der Waals surface area (Å²) in [4.78, 5) is 13.5. The molecule has 0 amide bonds. The van der Waals surface area contributed by atoms with E-state index in [4.69, 9.17) is 17.0 Å². The van der Waals surface area contributed by atoms with E-state index >= 15 is 0 Å². The van der Waals surface area contributed by atoms with Crippen molar-refractivity contribution in [2.45, 2.75) is 38.5 Å². The Morgan fingerprint density at radius 3 is 2.60 bits per heavy atom. The number of thioether (sulfide) groups is 1. The van der Waals surface area contributed by atoms with Crippen LogP contribution < -0.4 is 0 Å². The molecular formula is C10H17NO2S2. The second-order valence-corrected chi connectivity index (χ2v) is 5.36. The number of thiocarbonyl (C=S) groups is 1. The molecule has 0 aromatic heterocycles. The van der Waals surface area contributed by atoms with Crippen molar-refractivity contribution in [1.82, 2.24) is 4.90 Å². The zero-order valence-corrected chi connectivity index (χ0v) is 11.0. The lowest BCUT2D eigenvalue weighted by molar-refractivity contribution is -0.140. The molecule has 86 valence electrons. The average Bonchev–Trinajstić information content (AvgIpc) is 2.47. The lowest BCUT2D eigenvalue weighted by atomic mass is 10.3. The van der Waals surface area contributed by atoms with Crippen LogP contribution in [0.4, 0.5) is 0 Å². The first-order chi connectivity index (χ1) is 7.08. The van der Waals surface area contributed by atoms with E-state index in [1.54, 1.807) is 0 Å². The number of hydrogen-bond acceptors (Lipinski definition) is 4. The third-order valence-corrected chi connectivity index (χ3v) is 4.07. The van der Waals surface area contributed by atoms with Gasteiger partial charge >= 0.3 is 5.97 Å². The van der Waals surface area contributed by atoms with Crippen LogP contribution in [0.25, 0.3) is 0 Å². The molecule has 2 atom stereocenters. The van der Waals surface area contributed by atoms with Gasteiger partial charge in [0.25, 0.3) is 0 Å². The van der Waals surface area contributed by atoms with Gasteiger partial charge in [0.05, 0.1) is 0 Å². The molecule has 0 radical (unpaired) electrons. The van der Waals surface area contributed by atoms with E-state index in [1.165, 1.54) is 11.8 Å². The SMILES string of the molecule is CCN(CC)C(=S)S[C@@H]1C[C@@H](C)OC1=O. The molecule has 3 nitrogen and oxygen atoms in total. The van der Waals surface area contributed by atoms with Gasteiger partial charge < -0.3 is 9.64 Å². The molecule has 0 aromatic rings. The minimum atomic E-state index is -0.123. The van der Waals surface area contributed by atoms with Crippen LogP contribution in [0.2, 0.25) is 0 Å². The van der Waals surface area contributed by atoms with Crippen molar-refractivity contribution >= 4 is 34.3 Å². The quantitative estimate of drug-likeness (QED) is 0.562. The molecule has 0 unspecified atom stereocenters. The third-order valence-electron chi connectivity index (χ3n) is 2.39. The van der Waals surface area contributed by atoms with Gasteiger partial charge in [-0.3, -0.25) is 4.79 Å². The molecule has 1 fully saturated rings. The molecule has 0 N–H and O–H groups in total. The van der Waals surface area contributed by atoms with Crippen LogP contribution in [-0.2, 0) is 9.53 Å². The average molecular weight is 247 g/mol. The van der Waals surface area contributed by atoms with Crippen LogP contribution >= 0.6 is 24.0 Å². The van der Waals surface area contributed by atoms with E-state index in [0.29, 0.717) is 0 Å². The minimum absolute atomic E-state index is 0.0366. The van der Waals surface area contributed by atoms with Crippen molar-refractivity contribution in [2.24, 2.45) is 0 Å². The maximum Gasteiger partial charge on any atom is 0.319 e. The van der Waals surface area contributed by atoms with Crippen molar-refractivity contribution in [1.29, 1.82) is 0 Å². The summed E-state index contributed by atoms with van der Waals surface area (Å²) >= 11 is 6.74. The van der Waals surface area contributed by atoms with Gasteiger partial charge in [0.15, 0.2) is 0 Å². The first kappa shape index (κ1) is 12.8. The zero-order chi connectivity index (χ0) is 11.4.